The molecular formula is C17H28O3. The van der Waals surface area contributed by atoms with Crippen molar-refractivity contribution in [2.24, 2.45) is 0 Å². The zero-order chi connectivity index (χ0) is 15.1. The van der Waals surface area contributed by atoms with Crippen molar-refractivity contribution in [1.82, 2.24) is 0 Å². The first-order chi connectivity index (χ1) is 9.70. The van der Waals surface area contributed by atoms with E-state index in [0.29, 0.717) is 37.9 Å². The van der Waals surface area contributed by atoms with Crippen LogP contribution in [0.3, 0.4) is 0 Å². The average molecular weight is 280 g/mol. The summed E-state index contributed by atoms with van der Waals surface area (Å²) in [6.07, 6.45) is 13.6. The highest BCUT2D eigenvalue weighted by molar-refractivity contribution is 5.79. The molecule has 0 aliphatic rings. The van der Waals surface area contributed by atoms with Gasteiger partial charge in [0.2, 0.25) is 0 Å². The summed E-state index contributed by atoms with van der Waals surface area (Å²) in [6, 6.07) is 0. The Morgan fingerprint density at radius 2 is 1.35 bits per heavy atom. The zero-order valence-corrected chi connectivity index (χ0v) is 12.7. The molecule has 0 bridgehead atoms. The van der Waals surface area contributed by atoms with E-state index in [1.54, 1.807) is 0 Å². The number of carbonyl (C=O) groups is 3. The molecule has 0 unspecified atom stereocenters. The molecular weight excluding hydrogens is 252 g/mol. The van der Waals surface area contributed by atoms with Crippen molar-refractivity contribution < 1.29 is 14.4 Å². The van der Waals surface area contributed by atoms with Crippen LogP contribution in [0.25, 0.3) is 0 Å². The molecule has 114 valence electrons. The van der Waals surface area contributed by atoms with Crippen LogP contribution in [0.1, 0.15) is 77.6 Å². The van der Waals surface area contributed by atoms with Crippen molar-refractivity contribution in [2.75, 3.05) is 0 Å². The molecule has 0 aliphatic heterocycles. The number of aldehydes is 1. The summed E-state index contributed by atoms with van der Waals surface area (Å²) in [4.78, 5) is 32.8. The second-order valence-corrected chi connectivity index (χ2v) is 5.10. The number of hydrogen-bond donors (Lipinski definition) is 0. The van der Waals surface area contributed by atoms with E-state index < -0.39 is 0 Å². The number of hydrogen-bond acceptors (Lipinski definition) is 3. The zero-order valence-electron chi connectivity index (χ0n) is 12.7. The first-order valence-electron chi connectivity index (χ1n) is 7.82. The number of Topliss-reactive ketones (excluding diaryl/α,β-unsaturated/α-hetero) is 2. The molecule has 20 heavy (non-hydrogen) atoms. The van der Waals surface area contributed by atoms with Crippen molar-refractivity contribution >= 4 is 17.9 Å². The van der Waals surface area contributed by atoms with Crippen LogP contribution >= 0.6 is 0 Å². The smallest absolute Gasteiger partial charge is 0.133 e. The highest BCUT2D eigenvalue weighted by Crippen LogP contribution is 2.06. The molecule has 0 saturated heterocycles. The van der Waals surface area contributed by atoms with Gasteiger partial charge in [-0.3, -0.25) is 9.59 Å². The van der Waals surface area contributed by atoms with Crippen LogP contribution in [0.4, 0.5) is 0 Å². The second-order valence-electron chi connectivity index (χ2n) is 5.10. The Bertz CT molecular complexity index is 305. The van der Waals surface area contributed by atoms with Gasteiger partial charge in [0.1, 0.15) is 17.9 Å². The molecule has 0 aromatic carbocycles. The number of unbranched alkanes of at least 4 members (excludes halogenated alkanes) is 4. The molecule has 0 saturated carbocycles. The second kappa shape index (κ2) is 14.2. The Morgan fingerprint density at radius 1 is 0.750 bits per heavy atom. The third kappa shape index (κ3) is 13.2. The predicted molar refractivity (Wildman–Crippen MR) is 81.7 cm³/mol. The van der Waals surface area contributed by atoms with Crippen LogP contribution in [0.15, 0.2) is 12.2 Å². The number of rotatable bonds is 14. The topological polar surface area (TPSA) is 51.2 Å². The van der Waals surface area contributed by atoms with Crippen LogP contribution in [-0.2, 0) is 14.4 Å². The van der Waals surface area contributed by atoms with Crippen LogP contribution in [0.5, 0.6) is 0 Å². The van der Waals surface area contributed by atoms with Crippen LogP contribution < -0.4 is 0 Å². The summed E-state index contributed by atoms with van der Waals surface area (Å²) in [5.74, 6) is 0.578. The van der Waals surface area contributed by atoms with Gasteiger partial charge in [-0.15, -0.1) is 0 Å². The van der Waals surface area contributed by atoms with Gasteiger partial charge in [-0.1, -0.05) is 19.1 Å². The highest BCUT2D eigenvalue weighted by atomic mass is 16.1. The minimum absolute atomic E-state index is 0.287. The van der Waals surface area contributed by atoms with Gasteiger partial charge in [-0.2, -0.15) is 0 Å². The lowest BCUT2D eigenvalue weighted by Gasteiger charge is -1.99. The molecule has 0 radical (unpaired) electrons. The van der Waals surface area contributed by atoms with E-state index in [-0.39, 0.29) is 5.78 Å². The summed E-state index contributed by atoms with van der Waals surface area (Å²) in [5.41, 5.74) is 0. The van der Waals surface area contributed by atoms with Crippen molar-refractivity contribution in [3.05, 3.63) is 12.2 Å². The molecule has 0 rings (SSSR count). The van der Waals surface area contributed by atoms with E-state index in [2.05, 4.69) is 12.2 Å². The molecule has 0 aromatic rings. The Kier molecular flexibility index (Phi) is 13.3. The Hall–Kier alpha value is -1.25. The minimum Gasteiger partial charge on any atom is -0.303 e. The quantitative estimate of drug-likeness (QED) is 0.272. The molecule has 0 amide bonds. The number of carbonyl (C=O) groups excluding carboxylic acids is 3. The summed E-state index contributed by atoms with van der Waals surface area (Å²) in [6.45, 7) is 1.87. The van der Waals surface area contributed by atoms with Gasteiger partial charge < -0.3 is 4.79 Å². The van der Waals surface area contributed by atoms with E-state index in [1.807, 2.05) is 6.92 Å². The van der Waals surface area contributed by atoms with E-state index in [0.717, 1.165) is 44.8 Å². The minimum atomic E-state index is 0.287. The molecule has 0 heterocycles. The first kappa shape index (κ1) is 18.8. The fourth-order valence-electron chi connectivity index (χ4n) is 1.92. The Balaban J connectivity index is 3.37. The molecule has 0 atom stereocenters. The van der Waals surface area contributed by atoms with Gasteiger partial charge >= 0.3 is 0 Å². The molecule has 0 spiro atoms. The molecule has 3 heteroatoms. The summed E-state index contributed by atoms with van der Waals surface area (Å²) in [7, 11) is 0. The first-order valence-corrected chi connectivity index (χ1v) is 7.82. The molecule has 3 nitrogen and oxygen atoms in total. The van der Waals surface area contributed by atoms with Crippen molar-refractivity contribution in [2.45, 2.75) is 77.6 Å². The maximum absolute atomic E-state index is 11.6. The molecule has 0 aliphatic carbocycles. The van der Waals surface area contributed by atoms with Crippen LogP contribution in [0.2, 0.25) is 0 Å². The Labute approximate surface area is 122 Å². The number of ketones is 2. The lowest BCUT2D eigenvalue weighted by Crippen LogP contribution is -1.99. The molecule has 0 N–H and O–H groups in total. The third-order valence-corrected chi connectivity index (χ3v) is 3.25. The normalized spacial score (nSPS) is 10.8. The maximum Gasteiger partial charge on any atom is 0.133 e. The van der Waals surface area contributed by atoms with Crippen molar-refractivity contribution in [3.8, 4) is 0 Å². The van der Waals surface area contributed by atoms with E-state index in [4.69, 9.17) is 0 Å². The average Bonchev–Trinajstić information content (AvgIpc) is 2.46. The predicted octanol–water partition coefficient (Wildman–Crippen LogP) is 4.19. The van der Waals surface area contributed by atoms with Gasteiger partial charge in [0.15, 0.2) is 0 Å². The lowest BCUT2D eigenvalue weighted by atomic mass is 10.1. The summed E-state index contributed by atoms with van der Waals surface area (Å²) < 4.78 is 0. The summed E-state index contributed by atoms with van der Waals surface area (Å²) >= 11 is 0. The largest absolute Gasteiger partial charge is 0.303 e. The van der Waals surface area contributed by atoms with Gasteiger partial charge in [0.05, 0.1) is 0 Å². The van der Waals surface area contributed by atoms with Crippen LogP contribution in [0, 0.1) is 0 Å². The fraction of sp³-hybridized carbons (Fsp3) is 0.706. The van der Waals surface area contributed by atoms with Gasteiger partial charge in [0.25, 0.3) is 0 Å². The Morgan fingerprint density at radius 3 is 2.00 bits per heavy atom. The fourth-order valence-corrected chi connectivity index (χ4v) is 1.92. The van der Waals surface area contributed by atoms with E-state index >= 15 is 0 Å². The third-order valence-electron chi connectivity index (χ3n) is 3.25. The highest BCUT2D eigenvalue weighted by Gasteiger charge is 2.02. The summed E-state index contributed by atoms with van der Waals surface area (Å²) in [5, 5.41) is 0. The maximum atomic E-state index is 11.6. The van der Waals surface area contributed by atoms with Crippen LogP contribution in [-0.4, -0.2) is 17.9 Å². The lowest BCUT2D eigenvalue weighted by molar-refractivity contribution is -0.120. The van der Waals surface area contributed by atoms with Crippen molar-refractivity contribution in [1.29, 1.82) is 0 Å². The SMILES string of the molecule is CCC(=O)CCCCC(=O)CCC=CCCCCC=O. The van der Waals surface area contributed by atoms with Gasteiger partial charge in [0, 0.05) is 32.1 Å². The number of allylic oxidation sites excluding steroid dienone is 2. The van der Waals surface area contributed by atoms with E-state index in [1.165, 1.54) is 0 Å². The van der Waals surface area contributed by atoms with Crippen molar-refractivity contribution in [3.63, 3.8) is 0 Å². The van der Waals surface area contributed by atoms with Gasteiger partial charge in [-0.05, 0) is 38.5 Å². The monoisotopic (exact) mass is 280 g/mol. The van der Waals surface area contributed by atoms with Gasteiger partial charge in [-0.25, -0.2) is 0 Å². The standard InChI is InChI=1S/C17H28O3/c1-2-16(19)12-9-10-14-17(20)13-8-6-4-3-5-7-11-15-18/h4,6,15H,2-3,5,7-14H2,1H3. The molecule has 0 fully saturated rings. The van der Waals surface area contributed by atoms with E-state index in [9.17, 15) is 14.4 Å². The molecule has 0 aromatic heterocycles.